The largest absolute Gasteiger partial charge is 0.302 e. The average Bonchev–Trinajstić information content (AvgIpc) is 2.68. The number of hydrogen-bond acceptors (Lipinski definition) is 2. The van der Waals surface area contributed by atoms with Crippen LogP contribution in [0.25, 0.3) is 0 Å². The second-order valence-electron chi connectivity index (χ2n) is 3.47. The van der Waals surface area contributed by atoms with Crippen LogP contribution in [0.3, 0.4) is 0 Å². The van der Waals surface area contributed by atoms with Crippen LogP contribution in [-0.2, 0) is 0 Å². The van der Waals surface area contributed by atoms with Gasteiger partial charge in [-0.05, 0) is 38.1 Å². The Kier molecular flexibility index (Phi) is 1.07. The van der Waals surface area contributed by atoms with Gasteiger partial charge in [0.1, 0.15) is 5.54 Å². The fourth-order valence-corrected chi connectivity index (χ4v) is 2.27. The van der Waals surface area contributed by atoms with E-state index in [-0.39, 0.29) is 5.54 Å². The number of nitrogens with zero attached hydrogens (tertiary/aromatic N) is 1. The summed E-state index contributed by atoms with van der Waals surface area (Å²) in [7, 11) is 1.91. The highest BCUT2D eigenvalue weighted by Crippen LogP contribution is 2.56. The molecule has 10 heavy (non-hydrogen) atoms. The molecule has 0 bridgehead atoms. The molecular formula is C8H12N2. The highest BCUT2D eigenvalue weighted by molar-refractivity contribution is 5.21. The predicted molar refractivity (Wildman–Crippen MR) is 38.2 cm³/mol. The fourth-order valence-electron chi connectivity index (χ4n) is 2.27. The number of rotatable bonds is 1. The van der Waals surface area contributed by atoms with Crippen molar-refractivity contribution < 1.29 is 0 Å². The van der Waals surface area contributed by atoms with Crippen molar-refractivity contribution in [2.75, 3.05) is 7.05 Å². The van der Waals surface area contributed by atoms with Gasteiger partial charge in [0.05, 0.1) is 6.07 Å². The number of fused-ring (bicyclic) bond motifs is 1. The van der Waals surface area contributed by atoms with Crippen LogP contribution in [0.5, 0.6) is 0 Å². The monoisotopic (exact) mass is 136 g/mol. The van der Waals surface area contributed by atoms with Crippen molar-refractivity contribution >= 4 is 0 Å². The maximum atomic E-state index is 8.90. The zero-order valence-electron chi connectivity index (χ0n) is 6.22. The van der Waals surface area contributed by atoms with Gasteiger partial charge < -0.3 is 5.32 Å². The summed E-state index contributed by atoms with van der Waals surface area (Å²) in [6, 6.07) is 2.41. The third-order valence-corrected chi connectivity index (χ3v) is 3.11. The molecule has 2 saturated carbocycles. The topological polar surface area (TPSA) is 35.8 Å². The lowest BCUT2D eigenvalue weighted by atomic mass is 9.95. The Morgan fingerprint density at radius 1 is 1.70 bits per heavy atom. The molecule has 0 heterocycles. The molecule has 2 aliphatic rings. The summed E-state index contributed by atoms with van der Waals surface area (Å²) in [6.07, 6.45) is 3.61. The zero-order chi connectivity index (χ0) is 7.19. The first-order chi connectivity index (χ1) is 4.82. The lowest BCUT2D eigenvalue weighted by Crippen LogP contribution is -2.41. The number of nitrogens with one attached hydrogen (secondary N) is 1. The highest BCUT2D eigenvalue weighted by atomic mass is 15.0. The van der Waals surface area contributed by atoms with Crippen LogP contribution < -0.4 is 5.32 Å². The Morgan fingerprint density at radius 2 is 2.50 bits per heavy atom. The van der Waals surface area contributed by atoms with Crippen LogP contribution >= 0.6 is 0 Å². The Labute approximate surface area is 61.2 Å². The maximum Gasteiger partial charge on any atom is 0.109 e. The van der Waals surface area contributed by atoms with Gasteiger partial charge in [-0.25, -0.2) is 0 Å². The van der Waals surface area contributed by atoms with Crippen molar-refractivity contribution in [2.45, 2.75) is 24.8 Å². The Balaban J connectivity index is 2.20. The van der Waals surface area contributed by atoms with Crippen molar-refractivity contribution in [1.82, 2.24) is 5.32 Å². The van der Waals surface area contributed by atoms with E-state index in [2.05, 4.69) is 11.4 Å². The van der Waals surface area contributed by atoms with E-state index in [1.54, 1.807) is 0 Å². The third-order valence-electron chi connectivity index (χ3n) is 3.11. The predicted octanol–water partition coefficient (Wildman–Crippen LogP) is 0.898. The third kappa shape index (κ3) is 0.564. The molecule has 2 aliphatic carbocycles. The minimum absolute atomic E-state index is 0.134. The minimum atomic E-state index is -0.134. The molecule has 54 valence electrons. The van der Waals surface area contributed by atoms with Crippen molar-refractivity contribution in [3.05, 3.63) is 0 Å². The zero-order valence-corrected chi connectivity index (χ0v) is 6.22. The van der Waals surface area contributed by atoms with Crippen molar-refractivity contribution in [3.8, 4) is 6.07 Å². The summed E-state index contributed by atoms with van der Waals surface area (Å²) in [5.41, 5.74) is -0.134. The molecule has 3 atom stereocenters. The van der Waals surface area contributed by atoms with Gasteiger partial charge in [-0.1, -0.05) is 0 Å². The quantitative estimate of drug-likeness (QED) is 0.581. The molecule has 0 aromatic carbocycles. The van der Waals surface area contributed by atoms with Crippen LogP contribution in [0.1, 0.15) is 19.3 Å². The normalized spacial score (nSPS) is 50.0. The number of hydrogen-bond donors (Lipinski definition) is 1. The van der Waals surface area contributed by atoms with E-state index in [0.717, 1.165) is 12.3 Å². The lowest BCUT2D eigenvalue weighted by molar-refractivity contribution is 0.409. The molecule has 0 aromatic rings. The van der Waals surface area contributed by atoms with E-state index in [0.29, 0.717) is 5.92 Å². The molecule has 0 spiro atoms. The van der Waals surface area contributed by atoms with Crippen molar-refractivity contribution in [1.29, 1.82) is 5.26 Å². The molecule has 0 aliphatic heterocycles. The Morgan fingerprint density at radius 3 is 2.70 bits per heavy atom. The van der Waals surface area contributed by atoms with Crippen molar-refractivity contribution in [2.24, 2.45) is 11.8 Å². The Hall–Kier alpha value is -0.550. The SMILES string of the molecule is CNC1(C#N)CCC2CC21. The van der Waals surface area contributed by atoms with Gasteiger partial charge in [0, 0.05) is 0 Å². The molecule has 2 rings (SSSR count). The molecule has 0 saturated heterocycles. The second-order valence-corrected chi connectivity index (χ2v) is 3.47. The van der Waals surface area contributed by atoms with Gasteiger partial charge in [0.2, 0.25) is 0 Å². The highest BCUT2D eigenvalue weighted by Gasteiger charge is 2.57. The second kappa shape index (κ2) is 1.73. The molecule has 2 nitrogen and oxygen atoms in total. The van der Waals surface area contributed by atoms with E-state index >= 15 is 0 Å². The van der Waals surface area contributed by atoms with Gasteiger partial charge >= 0.3 is 0 Å². The summed E-state index contributed by atoms with van der Waals surface area (Å²) in [4.78, 5) is 0. The average molecular weight is 136 g/mol. The van der Waals surface area contributed by atoms with Gasteiger partial charge in [0.25, 0.3) is 0 Å². The van der Waals surface area contributed by atoms with Gasteiger partial charge in [-0.15, -0.1) is 0 Å². The molecule has 2 heteroatoms. The fraction of sp³-hybridized carbons (Fsp3) is 0.875. The first-order valence-corrected chi connectivity index (χ1v) is 3.92. The molecule has 0 aromatic heterocycles. The smallest absolute Gasteiger partial charge is 0.109 e. The summed E-state index contributed by atoms with van der Waals surface area (Å²) in [5, 5.41) is 12.1. The standard InChI is InChI=1S/C8H12N2/c1-10-8(5-9)3-2-6-4-7(6)8/h6-7,10H,2-4H2,1H3. The lowest BCUT2D eigenvalue weighted by Gasteiger charge is -2.21. The van der Waals surface area contributed by atoms with Crippen LogP contribution in [0.4, 0.5) is 0 Å². The van der Waals surface area contributed by atoms with E-state index < -0.39 is 0 Å². The molecule has 2 fully saturated rings. The van der Waals surface area contributed by atoms with Crippen LogP contribution in [0.15, 0.2) is 0 Å². The van der Waals surface area contributed by atoms with Crippen molar-refractivity contribution in [3.63, 3.8) is 0 Å². The van der Waals surface area contributed by atoms with Gasteiger partial charge in [-0.2, -0.15) is 5.26 Å². The first kappa shape index (κ1) is 6.18. The Bertz CT molecular complexity index is 194. The van der Waals surface area contributed by atoms with Gasteiger partial charge in [0.15, 0.2) is 0 Å². The minimum Gasteiger partial charge on any atom is -0.302 e. The molecule has 3 unspecified atom stereocenters. The molecule has 1 N–H and O–H groups in total. The molecular weight excluding hydrogens is 124 g/mol. The summed E-state index contributed by atoms with van der Waals surface area (Å²) in [5.74, 6) is 1.56. The summed E-state index contributed by atoms with van der Waals surface area (Å²) in [6.45, 7) is 0. The summed E-state index contributed by atoms with van der Waals surface area (Å²) < 4.78 is 0. The van der Waals surface area contributed by atoms with E-state index in [1.807, 2.05) is 7.05 Å². The van der Waals surface area contributed by atoms with Crippen LogP contribution in [0.2, 0.25) is 0 Å². The summed E-state index contributed by atoms with van der Waals surface area (Å²) >= 11 is 0. The molecule has 0 radical (unpaired) electrons. The molecule has 0 amide bonds. The van der Waals surface area contributed by atoms with E-state index in [9.17, 15) is 0 Å². The van der Waals surface area contributed by atoms with Crippen LogP contribution in [0, 0.1) is 23.2 Å². The van der Waals surface area contributed by atoms with E-state index in [4.69, 9.17) is 5.26 Å². The number of nitriles is 1. The first-order valence-electron chi connectivity index (χ1n) is 3.92. The van der Waals surface area contributed by atoms with E-state index in [1.165, 1.54) is 12.8 Å². The maximum absolute atomic E-state index is 8.90. The van der Waals surface area contributed by atoms with Gasteiger partial charge in [-0.3, -0.25) is 0 Å². The van der Waals surface area contributed by atoms with Crippen LogP contribution in [-0.4, -0.2) is 12.6 Å².